The third kappa shape index (κ3) is 5.56. The maximum Gasteiger partial charge on any atom is 0.138 e. The van der Waals surface area contributed by atoms with Crippen LogP contribution in [0.1, 0.15) is 70.2 Å². The molecule has 66 heavy (non-hydrogen) atoms. The minimum absolute atomic E-state index is 0.436. The summed E-state index contributed by atoms with van der Waals surface area (Å²) in [6.45, 7) is 0. The van der Waals surface area contributed by atoms with E-state index in [4.69, 9.17) is 8.83 Å². The lowest BCUT2D eigenvalue weighted by Crippen LogP contribution is -2.28. The fraction of sp³-hybridized carbons (Fsp3) is 0.143. The molecule has 0 fully saturated rings. The Labute approximate surface area is 384 Å². The number of anilines is 3. The molecule has 9 aromatic carbocycles. The molecule has 3 aliphatic rings. The molecule has 0 radical (unpaired) electrons. The van der Waals surface area contributed by atoms with Crippen LogP contribution in [0.2, 0.25) is 0 Å². The Morgan fingerprint density at radius 1 is 0.364 bits per heavy atom. The molecule has 0 aliphatic heterocycles. The number of furan rings is 2. The summed E-state index contributed by atoms with van der Waals surface area (Å²) in [6, 6.07) is 70.0. The standard InChI is InChI=1S/C63H47NO2/c1-2-16-44(17-3-1)63(57-23-10-8-21-51(57)52-22-9-11-24-58(52)63)45-29-25-40(26-30-45)43-15-12-18-46(37-43)64(47-31-35-53-55-33-27-41-13-4-6-19-49(41)61(55)65-59(53)38-47)48-32-36-54-56-34-28-42-14-5-7-20-50(42)62(56)66-60(54)39-48/h1-3,8-12,15-18,21-39H,4-7,13-14,19-20H2. The predicted octanol–water partition coefficient (Wildman–Crippen LogP) is 16.7. The number of benzene rings is 9. The van der Waals surface area contributed by atoms with Crippen molar-refractivity contribution in [2.24, 2.45) is 0 Å². The van der Waals surface area contributed by atoms with Gasteiger partial charge in [0.05, 0.1) is 5.41 Å². The number of rotatable bonds is 6. The van der Waals surface area contributed by atoms with Crippen LogP contribution in [0.4, 0.5) is 17.1 Å². The van der Waals surface area contributed by atoms with Crippen molar-refractivity contribution in [1.29, 1.82) is 0 Å². The van der Waals surface area contributed by atoms with Crippen LogP contribution in [0, 0.1) is 0 Å². The second-order valence-electron chi connectivity index (χ2n) is 18.8. The highest BCUT2D eigenvalue weighted by atomic mass is 16.3. The second kappa shape index (κ2) is 14.7. The summed E-state index contributed by atoms with van der Waals surface area (Å²) < 4.78 is 13.7. The van der Waals surface area contributed by atoms with Crippen molar-refractivity contribution in [3.63, 3.8) is 0 Å². The Kier molecular flexibility index (Phi) is 8.40. The van der Waals surface area contributed by atoms with Gasteiger partial charge in [0.1, 0.15) is 22.3 Å². The fourth-order valence-electron chi connectivity index (χ4n) is 12.3. The first-order valence-corrected chi connectivity index (χ1v) is 23.9. The first-order valence-electron chi connectivity index (χ1n) is 23.9. The molecule has 0 unspecified atom stereocenters. The predicted molar refractivity (Wildman–Crippen MR) is 272 cm³/mol. The van der Waals surface area contributed by atoms with E-state index in [9.17, 15) is 0 Å². The zero-order valence-corrected chi connectivity index (χ0v) is 36.8. The highest BCUT2D eigenvalue weighted by Gasteiger charge is 2.45. The minimum atomic E-state index is -0.436. The smallest absolute Gasteiger partial charge is 0.138 e. The van der Waals surface area contributed by atoms with Gasteiger partial charge < -0.3 is 13.7 Å². The summed E-state index contributed by atoms with van der Waals surface area (Å²) in [4.78, 5) is 2.37. The molecule has 0 saturated heterocycles. The van der Waals surface area contributed by atoms with Gasteiger partial charge in [-0.05, 0) is 155 Å². The Morgan fingerprint density at radius 3 is 1.45 bits per heavy atom. The largest absolute Gasteiger partial charge is 0.456 e. The van der Waals surface area contributed by atoms with E-state index < -0.39 is 5.41 Å². The molecule has 3 aliphatic carbocycles. The van der Waals surface area contributed by atoms with Crippen molar-refractivity contribution in [2.75, 3.05) is 4.90 Å². The van der Waals surface area contributed by atoms with E-state index in [0.717, 1.165) is 81.4 Å². The van der Waals surface area contributed by atoms with Gasteiger partial charge in [-0.15, -0.1) is 0 Å². The summed E-state index contributed by atoms with van der Waals surface area (Å²) in [7, 11) is 0. The zero-order chi connectivity index (χ0) is 43.3. The van der Waals surface area contributed by atoms with Crippen LogP contribution in [0.25, 0.3) is 66.1 Å². The van der Waals surface area contributed by atoms with Gasteiger partial charge in [0.25, 0.3) is 0 Å². The first-order chi connectivity index (χ1) is 32.7. The van der Waals surface area contributed by atoms with Crippen LogP contribution in [0.3, 0.4) is 0 Å². The highest BCUT2D eigenvalue weighted by molar-refractivity contribution is 6.09. The average Bonchev–Trinajstić information content (AvgIpc) is 4.05. The van der Waals surface area contributed by atoms with Crippen molar-refractivity contribution >= 4 is 60.9 Å². The minimum Gasteiger partial charge on any atom is -0.456 e. The number of hydrogen-bond donors (Lipinski definition) is 0. The van der Waals surface area contributed by atoms with Gasteiger partial charge in [0.2, 0.25) is 0 Å². The molecule has 2 aromatic heterocycles. The number of nitrogens with zero attached hydrogens (tertiary/aromatic N) is 1. The van der Waals surface area contributed by atoms with Gasteiger partial charge in [0.15, 0.2) is 0 Å². The maximum absolute atomic E-state index is 6.86. The van der Waals surface area contributed by atoms with E-state index in [1.54, 1.807) is 0 Å². The highest BCUT2D eigenvalue weighted by Crippen LogP contribution is 2.56. The second-order valence-corrected chi connectivity index (χ2v) is 18.8. The van der Waals surface area contributed by atoms with E-state index in [2.05, 4.69) is 193 Å². The zero-order valence-electron chi connectivity index (χ0n) is 36.8. The molecule has 2 heterocycles. The lowest BCUT2D eigenvalue weighted by Gasteiger charge is -2.34. The Morgan fingerprint density at radius 2 is 0.864 bits per heavy atom. The van der Waals surface area contributed by atoms with E-state index in [-0.39, 0.29) is 0 Å². The SMILES string of the molecule is c1ccc(C2(c3ccc(-c4cccc(N(c5ccc6c(c5)oc5c7c(ccc56)CCCC7)c5ccc6c(c5)oc5c7c(ccc56)CCCC7)c4)cc3)c3ccccc3-c3ccccc32)cc1. The van der Waals surface area contributed by atoms with Crippen LogP contribution in [0.5, 0.6) is 0 Å². The first kappa shape index (κ1) is 37.7. The van der Waals surface area contributed by atoms with Gasteiger partial charge in [0, 0.05) is 50.7 Å². The van der Waals surface area contributed by atoms with E-state index >= 15 is 0 Å². The molecule has 0 amide bonds. The molecular formula is C63H47NO2. The molecule has 14 rings (SSSR count). The normalized spacial score (nSPS) is 14.9. The lowest BCUT2D eigenvalue weighted by atomic mass is 9.67. The van der Waals surface area contributed by atoms with Gasteiger partial charge >= 0.3 is 0 Å². The topological polar surface area (TPSA) is 29.5 Å². The molecule has 0 spiro atoms. The van der Waals surface area contributed by atoms with Gasteiger partial charge in [-0.25, -0.2) is 0 Å². The van der Waals surface area contributed by atoms with Crippen molar-refractivity contribution in [3.05, 3.63) is 233 Å². The van der Waals surface area contributed by atoms with Crippen molar-refractivity contribution in [2.45, 2.75) is 56.8 Å². The number of aryl methyl sites for hydroxylation is 4. The third-order valence-electron chi connectivity index (χ3n) is 15.3. The maximum atomic E-state index is 6.86. The van der Waals surface area contributed by atoms with Crippen LogP contribution in [-0.2, 0) is 31.1 Å². The molecule has 3 heteroatoms. The molecule has 0 atom stereocenters. The molecular weight excluding hydrogens is 803 g/mol. The molecule has 3 nitrogen and oxygen atoms in total. The Bertz CT molecular complexity index is 3540. The molecule has 0 saturated carbocycles. The molecule has 11 aromatic rings. The molecule has 0 bridgehead atoms. The van der Waals surface area contributed by atoms with Crippen molar-refractivity contribution in [1.82, 2.24) is 0 Å². The van der Waals surface area contributed by atoms with Crippen LogP contribution in [0.15, 0.2) is 197 Å². The van der Waals surface area contributed by atoms with Gasteiger partial charge in [-0.2, -0.15) is 0 Å². The van der Waals surface area contributed by atoms with Crippen molar-refractivity contribution in [3.8, 4) is 22.3 Å². The van der Waals surface area contributed by atoms with Crippen LogP contribution in [-0.4, -0.2) is 0 Å². The van der Waals surface area contributed by atoms with Crippen LogP contribution < -0.4 is 4.90 Å². The summed E-state index contributed by atoms with van der Waals surface area (Å²) in [6.07, 6.45) is 9.33. The monoisotopic (exact) mass is 849 g/mol. The molecule has 0 N–H and O–H groups in total. The summed E-state index contributed by atoms with van der Waals surface area (Å²) in [5.41, 5.74) is 22.4. The fourth-order valence-corrected chi connectivity index (χ4v) is 12.3. The Balaban J connectivity index is 0.913. The van der Waals surface area contributed by atoms with Gasteiger partial charge in [-0.1, -0.05) is 140 Å². The average molecular weight is 850 g/mol. The third-order valence-corrected chi connectivity index (χ3v) is 15.3. The van der Waals surface area contributed by atoms with Crippen LogP contribution >= 0.6 is 0 Å². The summed E-state index contributed by atoms with van der Waals surface area (Å²) >= 11 is 0. The Hall–Kier alpha value is -7.62. The lowest BCUT2D eigenvalue weighted by molar-refractivity contribution is 0.637. The number of hydrogen-bond acceptors (Lipinski definition) is 3. The van der Waals surface area contributed by atoms with E-state index in [1.807, 2.05) is 0 Å². The quantitative estimate of drug-likeness (QED) is 0.167. The van der Waals surface area contributed by atoms with E-state index in [0.29, 0.717) is 0 Å². The van der Waals surface area contributed by atoms with E-state index in [1.165, 1.54) is 97.7 Å². The summed E-state index contributed by atoms with van der Waals surface area (Å²) in [5, 5.41) is 4.74. The molecule has 316 valence electrons. The van der Waals surface area contributed by atoms with Crippen molar-refractivity contribution < 1.29 is 8.83 Å². The summed E-state index contributed by atoms with van der Waals surface area (Å²) in [5.74, 6) is 0. The van der Waals surface area contributed by atoms with Gasteiger partial charge in [-0.3, -0.25) is 0 Å². The number of fused-ring (bicyclic) bond motifs is 13.